The van der Waals surface area contributed by atoms with Crippen molar-refractivity contribution in [1.29, 1.82) is 0 Å². The third-order valence-corrected chi connectivity index (χ3v) is 3.86. The van der Waals surface area contributed by atoms with E-state index >= 15 is 0 Å². The number of nitrogens with zero attached hydrogens (tertiary/aromatic N) is 2. The van der Waals surface area contributed by atoms with Crippen LogP contribution in [0, 0.1) is 0 Å². The van der Waals surface area contributed by atoms with Crippen LogP contribution in [0.25, 0.3) is 0 Å². The van der Waals surface area contributed by atoms with Crippen LogP contribution in [0.4, 0.5) is 0 Å². The molecular weight excluding hydrogens is 282 g/mol. The average molecular weight is 305 g/mol. The van der Waals surface area contributed by atoms with Gasteiger partial charge in [0.25, 0.3) is 5.91 Å². The van der Waals surface area contributed by atoms with Crippen molar-refractivity contribution in [3.8, 4) is 0 Å². The van der Waals surface area contributed by atoms with Crippen molar-refractivity contribution in [3.63, 3.8) is 0 Å². The van der Waals surface area contributed by atoms with Crippen molar-refractivity contribution in [2.45, 2.75) is 44.6 Å². The van der Waals surface area contributed by atoms with Crippen molar-refractivity contribution in [3.05, 3.63) is 30.1 Å². The molecule has 1 fully saturated rings. The number of carbonyl (C=O) groups is 2. The Labute approximate surface area is 130 Å². The fourth-order valence-corrected chi connectivity index (χ4v) is 2.62. The van der Waals surface area contributed by atoms with E-state index in [9.17, 15) is 9.59 Å². The van der Waals surface area contributed by atoms with Crippen molar-refractivity contribution in [2.75, 3.05) is 13.7 Å². The van der Waals surface area contributed by atoms with Gasteiger partial charge >= 0.3 is 5.97 Å². The summed E-state index contributed by atoms with van der Waals surface area (Å²) in [5, 5.41) is 7.13. The Bertz CT molecular complexity index is 530. The van der Waals surface area contributed by atoms with Crippen LogP contribution in [0.5, 0.6) is 0 Å². The number of methoxy groups -OCH3 is 1. The molecule has 6 heteroatoms. The number of esters is 1. The lowest BCUT2D eigenvalue weighted by atomic mass is 9.96. The zero-order valence-corrected chi connectivity index (χ0v) is 13.0. The van der Waals surface area contributed by atoms with Crippen molar-refractivity contribution < 1.29 is 14.3 Å². The van der Waals surface area contributed by atoms with Gasteiger partial charge in [-0.1, -0.05) is 25.3 Å². The molecule has 0 saturated heterocycles. The monoisotopic (exact) mass is 305 g/mol. The maximum absolute atomic E-state index is 12.0. The molecule has 120 valence electrons. The van der Waals surface area contributed by atoms with Crippen LogP contribution in [0.2, 0.25) is 0 Å². The average Bonchev–Trinajstić information content (AvgIpc) is 3.05. The Balaban J connectivity index is 1.77. The van der Waals surface area contributed by atoms with Crippen molar-refractivity contribution >= 4 is 11.9 Å². The van der Waals surface area contributed by atoms with Gasteiger partial charge in [0.05, 0.1) is 24.9 Å². The standard InChI is InChI=1S/C16H23N3O3/c1-22-15(20)9-5-6-10-17-16(21)13-11-18-19(12-13)14-7-3-2-4-8-14/h5,9,11-12,14H,2-4,6-8,10H2,1H3,(H,17,21)/b9-5+. The quantitative estimate of drug-likeness (QED) is 0.497. The van der Waals surface area contributed by atoms with Gasteiger partial charge < -0.3 is 10.1 Å². The van der Waals surface area contributed by atoms with E-state index in [4.69, 9.17) is 0 Å². The molecule has 1 aromatic heterocycles. The number of nitrogens with one attached hydrogen (secondary N) is 1. The number of amides is 1. The van der Waals surface area contributed by atoms with Crippen LogP contribution in [-0.2, 0) is 9.53 Å². The van der Waals surface area contributed by atoms with E-state index in [1.807, 2.05) is 10.9 Å². The van der Waals surface area contributed by atoms with Gasteiger partial charge in [0, 0.05) is 18.8 Å². The highest BCUT2D eigenvalue weighted by atomic mass is 16.5. The molecule has 6 nitrogen and oxygen atoms in total. The number of aromatic nitrogens is 2. The van der Waals surface area contributed by atoms with Crippen LogP contribution in [-0.4, -0.2) is 35.3 Å². The molecular formula is C16H23N3O3. The Kier molecular flexibility index (Phi) is 6.18. The predicted molar refractivity (Wildman–Crippen MR) is 82.5 cm³/mol. The van der Waals surface area contributed by atoms with Crippen LogP contribution in [0.1, 0.15) is 54.9 Å². The first-order valence-electron chi connectivity index (χ1n) is 7.77. The maximum atomic E-state index is 12.0. The van der Waals surface area contributed by atoms with E-state index in [1.54, 1.807) is 12.3 Å². The van der Waals surface area contributed by atoms with Gasteiger partial charge in [0.1, 0.15) is 0 Å². The van der Waals surface area contributed by atoms with Gasteiger partial charge in [0.2, 0.25) is 0 Å². The summed E-state index contributed by atoms with van der Waals surface area (Å²) in [6, 6.07) is 0.429. The summed E-state index contributed by atoms with van der Waals surface area (Å²) in [4.78, 5) is 22.9. The molecule has 22 heavy (non-hydrogen) atoms. The summed E-state index contributed by atoms with van der Waals surface area (Å²) < 4.78 is 6.41. The van der Waals surface area contributed by atoms with Crippen LogP contribution < -0.4 is 5.32 Å². The fraction of sp³-hybridized carbons (Fsp3) is 0.562. The predicted octanol–water partition coefficient (Wildman–Crippen LogP) is 2.24. The molecule has 0 aliphatic heterocycles. The van der Waals surface area contributed by atoms with Gasteiger partial charge in [-0.3, -0.25) is 9.48 Å². The Morgan fingerprint density at radius 2 is 2.18 bits per heavy atom. The smallest absolute Gasteiger partial charge is 0.330 e. The molecule has 1 aliphatic rings. The second-order valence-corrected chi connectivity index (χ2v) is 5.47. The molecule has 0 aromatic carbocycles. The van der Waals surface area contributed by atoms with E-state index in [1.165, 1.54) is 32.4 Å². The number of rotatable bonds is 6. The number of hydrogen-bond acceptors (Lipinski definition) is 4. The Morgan fingerprint density at radius 1 is 1.41 bits per heavy atom. The molecule has 2 rings (SSSR count). The summed E-state index contributed by atoms with van der Waals surface area (Å²) in [7, 11) is 1.33. The zero-order valence-electron chi connectivity index (χ0n) is 13.0. The highest BCUT2D eigenvalue weighted by molar-refractivity contribution is 5.93. The minimum Gasteiger partial charge on any atom is -0.466 e. The molecule has 1 amide bonds. The highest BCUT2D eigenvalue weighted by Crippen LogP contribution is 2.27. The van der Waals surface area contributed by atoms with Crippen molar-refractivity contribution in [1.82, 2.24) is 15.1 Å². The van der Waals surface area contributed by atoms with E-state index in [-0.39, 0.29) is 11.9 Å². The zero-order chi connectivity index (χ0) is 15.8. The molecule has 0 unspecified atom stereocenters. The highest BCUT2D eigenvalue weighted by Gasteiger charge is 2.17. The summed E-state index contributed by atoms with van der Waals surface area (Å²) in [5.41, 5.74) is 0.586. The Morgan fingerprint density at radius 3 is 2.91 bits per heavy atom. The molecule has 0 radical (unpaired) electrons. The molecule has 1 N–H and O–H groups in total. The molecule has 0 bridgehead atoms. The van der Waals surface area contributed by atoms with E-state index in [0.29, 0.717) is 24.6 Å². The topological polar surface area (TPSA) is 73.2 Å². The van der Waals surface area contributed by atoms with Crippen molar-refractivity contribution in [2.24, 2.45) is 0 Å². The molecule has 1 aromatic rings. The number of carbonyl (C=O) groups excluding carboxylic acids is 2. The minimum atomic E-state index is -0.389. The van der Waals surface area contributed by atoms with Crippen LogP contribution in [0.3, 0.4) is 0 Å². The molecule has 1 saturated carbocycles. The first kappa shape index (κ1) is 16.3. The van der Waals surface area contributed by atoms with Gasteiger partial charge in [0.15, 0.2) is 0 Å². The van der Waals surface area contributed by atoms with Gasteiger partial charge in [-0.15, -0.1) is 0 Å². The molecule has 1 heterocycles. The number of ether oxygens (including phenoxy) is 1. The molecule has 1 aliphatic carbocycles. The van der Waals surface area contributed by atoms with E-state index < -0.39 is 0 Å². The third kappa shape index (κ3) is 4.72. The SMILES string of the molecule is COC(=O)/C=C/CCNC(=O)c1cnn(C2CCCCC2)c1. The van der Waals surface area contributed by atoms with Gasteiger partial charge in [-0.2, -0.15) is 5.10 Å². The van der Waals surface area contributed by atoms with Crippen LogP contribution >= 0.6 is 0 Å². The van der Waals surface area contributed by atoms with Gasteiger partial charge in [-0.05, 0) is 19.3 Å². The fourth-order valence-electron chi connectivity index (χ4n) is 2.62. The lowest BCUT2D eigenvalue weighted by molar-refractivity contribution is -0.134. The lowest BCUT2D eigenvalue weighted by Gasteiger charge is -2.21. The normalized spacial score (nSPS) is 15.9. The molecule has 0 spiro atoms. The maximum Gasteiger partial charge on any atom is 0.330 e. The molecule has 0 atom stereocenters. The lowest BCUT2D eigenvalue weighted by Crippen LogP contribution is -2.23. The van der Waals surface area contributed by atoms with Gasteiger partial charge in [-0.25, -0.2) is 4.79 Å². The summed E-state index contributed by atoms with van der Waals surface area (Å²) in [6.45, 7) is 0.473. The second-order valence-electron chi connectivity index (χ2n) is 5.47. The summed E-state index contributed by atoms with van der Waals surface area (Å²) in [5.74, 6) is -0.520. The Hall–Kier alpha value is -2.11. The van der Waals surface area contributed by atoms with E-state index in [0.717, 1.165) is 12.8 Å². The van der Waals surface area contributed by atoms with Crippen LogP contribution in [0.15, 0.2) is 24.5 Å². The first-order valence-corrected chi connectivity index (χ1v) is 7.77. The first-order chi connectivity index (χ1) is 10.7. The summed E-state index contributed by atoms with van der Waals surface area (Å²) in [6.07, 6.45) is 13.1. The third-order valence-electron chi connectivity index (χ3n) is 3.86. The minimum absolute atomic E-state index is 0.131. The summed E-state index contributed by atoms with van der Waals surface area (Å²) >= 11 is 0. The largest absolute Gasteiger partial charge is 0.466 e. The number of hydrogen-bond donors (Lipinski definition) is 1. The second kappa shape index (κ2) is 8.36. The van der Waals surface area contributed by atoms with E-state index in [2.05, 4.69) is 15.2 Å².